The molecule has 2 unspecified atom stereocenters. The monoisotopic (exact) mass is 499 g/mol. The Balaban J connectivity index is 1.89. The van der Waals surface area contributed by atoms with E-state index >= 15 is 0 Å². The van der Waals surface area contributed by atoms with Crippen molar-refractivity contribution in [2.45, 2.75) is 49.6 Å². The predicted octanol–water partition coefficient (Wildman–Crippen LogP) is 4.42. The zero-order valence-corrected chi connectivity index (χ0v) is 18.3. The van der Waals surface area contributed by atoms with Crippen LogP contribution in [-0.2, 0) is 16.6 Å². The van der Waals surface area contributed by atoms with Gasteiger partial charge in [0, 0.05) is 16.7 Å². The molecule has 2 aromatic carbocycles. The lowest BCUT2D eigenvalue weighted by atomic mass is 9.97. The number of hydrogen-bond acceptors (Lipinski definition) is 3. The van der Waals surface area contributed by atoms with E-state index in [1.54, 1.807) is 16.4 Å². The first-order chi connectivity index (χ1) is 13.0. The molecule has 0 saturated heterocycles. The maximum Gasteiger partial charge on any atom is 0.243 e. The molecular formula is C21H26INO3S. The Morgan fingerprint density at radius 1 is 0.963 bits per heavy atom. The fraction of sp³-hybridized carbons (Fsp3) is 0.429. The Bertz CT molecular complexity index is 824. The molecule has 2 aromatic rings. The van der Waals surface area contributed by atoms with Crippen LogP contribution >= 0.6 is 22.6 Å². The minimum atomic E-state index is -3.63. The fourth-order valence-electron chi connectivity index (χ4n) is 3.63. The van der Waals surface area contributed by atoms with Crippen LogP contribution in [0.1, 0.15) is 37.7 Å². The molecule has 27 heavy (non-hydrogen) atoms. The van der Waals surface area contributed by atoms with Crippen LogP contribution in [0.4, 0.5) is 0 Å². The Kier molecular flexibility index (Phi) is 7.30. The summed E-state index contributed by atoms with van der Waals surface area (Å²) >= 11 is 2.17. The molecule has 1 saturated carbocycles. The van der Waals surface area contributed by atoms with Gasteiger partial charge < -0.3 is 5.11 Å². The van der Waals surface area contributed by atoms with Crippen molar-refractivity contribution in [3.8, 4) is 0 Å². The molecule has 1 aliphatic rings. The van der Waals surface area contributed by atoms with E-state index in [1.165, 1.54) is 0 Å². The Labute approximate surface area is 175 Å². The summed E-state index contributed by atoms with van der Waals surface area (Å²) in [5.74, 6) is -0.0187. The molecule has 0 aromatic heterocycles. The maximum atomic E-state index is 13.4. The SMILES string of the molecule is O=S(=O)(c1ccc(I)cc1)N(Cc1ccccc1)CC1CCCCCC1O. The Hall–Kier alpha value is -0.960. The van der Waals surface area contributed by atoms with Crippen molar-refractivity contribution in [2.75, 3.05) is 6.54 Å². The number of hydrogen-bond donors (Lipinski definition) is 1. The third kappa shape index (κ3) is 5.53. The topological polar surface area (TPSA) is 57.6 Å². The molecule has 1 aliphatic carbocycles. The summed E-state index contributed by atoms with van der Waals surface area (Å²) in [4.78, 5) is 0.307. The molecule has 4 nitrogen and oxygen atoms in total. The molecule has 6 heteroatoms. The summed E-state index contributed by atoms with van der Waals surface area (Å²) < 4.78 is 29.3. The minimum Gasteiger partial charge on any atom is -0.393 e. The number of benzene rings is 2. The first-order valence-electron chi connectivity index (χ1n) is 9.44. The zero-order chi connectivity index (χ0) is 19.3. The average molecular weight is 499 g/mol. The van der Waals surface area contributed by atoms with E-state index in [-0.39, 0.29) is 5.92 Å². The molecule has 0 heterocycles. The molecule has 146 valence electrons. The highest BCUT2D eigenvalue weighted by molar-refractivity contribution is 14.1. The molecule has 0 bridgehead atoms. The minimum absolute atomic E-state index is 0.0187. The molecule has 0 amide bonds. The first-order valence-corrected chi connectivity index (χ1v) is 12.0. The second-order valence-corrected chi connectivity index (χ2v) is 10.4. The van der Waals surface area contributed by atoms with E-state index in [0.717, 1.165) is 41.2 Å². The van der Waals surface area contributed by atoms with Crippen molar-refractivity contribution >= 4 is 32.6 Å². The van der Waals surface area contributed by atoms with Gasteiger partial charge in [-0.3, -0.25) is 0 Å². The number of sulfonamides is 1. The first kappa shape index (κ1) is 20.8. The predicted molar refractivity (Wildman–Crippen MR) is 116 cm³/mol. The summed E-state index contributed by atoms with van der Waals surface area (Å²) in [5.41, 5.74) is 0.953. The van der Waals surface area contributed by atoms with Gasteiger partial charge in [0.25, 0.3) is 0 Å². The van der Waals surface area contributed by atoms with E-state index in [1.807, 2.05) is 42.5 Å². The molecule has 0 aliphatic heterocycles. The highest BCUT2D eigenvalue weighted by Gasteiger charge is 2.31. The average Bonchev–Trinajstić information content (AvgIpc) is 2.87. The van der Waals surface area contributed by atoms with Gasteiger partial charge in [0.1, 0.15) is 0 Å². The third-order valence-electron chi connectivity index (χ3n) is 5.21. The van der Waals surface area contributed by atoms with Gasteiger partial charge in [-0.25, -0.2) is 8.42 Å². The van der Waals surface area contributed by atoms with Crippen LogP contribution in [-0.4, -0.2) is 30.5 Å². The van der Waals surface area contributed by atoms with E-state index in [0.29, 0.717) is 18.0 Å². The lowest BCUT2D eigenvalue weighted by Crippen LogP contribution is -2.38. The van der Waals surface area contributed by atoms with Gasteiger partial charge in [0.2, 0.25) is 10.0 Å². The summed E-state index contributed by atoms with van der Waals surface area (Å²) in [5, 5.41) is 10.5. The Morgan fingerprint density at radius 2 is 1.63 bits per heavy atom. The summed E-state index contributed by atoms with van der Waals surface area (Å²) in [6, 6.07) is 16.6. The van der Waals surface area contributed by atoms with E-state index in [2.05, 4.69) is 22.6 Å². The van der Waals surface area contributed by atoms with Crippen molar-refractivity contribution in [1.29, 1.82) is 0 Å². The number of nitrogens with zero attached hydrogens (tertiary/aromatic N) is 1. The molecule has 0 radical (unpaired) electrons. The van der Waals surface area contributed by atoms with E-state index < -0.39 is 16.1 Å². The van der Waals surface area contributed by atoms with Crippen LogP contribution in [0.5, 0.6) is 0 Å². The van der Waals surface area contributed by atoms with Crippen LogP contribution in [0.15, 0.2) is 59.5 Å². The van der Waals surface area contributed by atoms with Crippen molar-refractivity contribution in [3.63, 3.8) is 0 Å². The van der Waals surface area contributed by atoms with Gasteiger partial charge in [0.15, 0.2) is 0 Å². The van der Waals surface area contributed by atoms with Gasteiger partial charge in [0.05, 0.1) is 11.0 Å². The van der Waals surface area contributed by atoms with E-state index in [4.69, 9.17) is 0 Å². The second-order valence-electron chi connectivity index (χ2n) is 7.20. The smallest absolute Gasteiger partial charge is 0.243 e. The quantitative estimate of drug-likeness (QED) is 0.473. The van der Waals surface area contributed by atoms with Crippen LogP contribution in [0, 0.1) is 9.49 Å². The van der Waals surface area contributed by atoms with Gasteiger partial charge >= 0.3 is 0 Å². The third-order valence-corrected chi connectivity index (χ3v) is 7.76. The number of halogens is 1. The van der Waals surface area contributed by atoms with Crippen LogP contribution in [0.3, 0.4) is 0 Å². The number of rotatable bonds is 6. The summed E-state index contributed by atoms with van der Waals surface area (Å²) in [6.07, 6.45) is 4.36. The lowest BCUT2D eigenvalue weighted by Gasteiger charge is -2.29. The highest BCUT2D eigenvalue weighted by atomic mass is 127. The van der Waals surface area contributed by atoms with Gasteiger partial charge in [-0.1, -0.05) is 49.6 Å². The molecular weight excluding hydrogens is 473 g/mol. The summed E-state index contributed by atoms with van der Waals surface area (Å²) in [6.45, 7) is 0.669. The van der Waals surface area contributed by atoms with Crippen molar-refractivity contribution in [1.82, 2.24) is 4.31 Å². The van der Waals surface area contributed by atoms with Gasteiger partial charge in [-0.05, 0) is 71.2 Å². The van der Waals surface area contributed by atoms with Crippen molar-refractivity contribution < 1.29 is 13.5 Å². The number of aliphatic hydroxyl groups is 1. The van der Waals surface area contributed by atoms with Gasteiger partial charge in [-0.15, -0.1) is 0 Å². The Morgan fingerprint density at radius 3 is 2.33 bits per heavy atom. The number of aliphatic hydroxyl groups excluding tert-OH is 1. The van der Waals surface area contributed by atoms with E-state index in [9.17, 15) is 13.5 Å². The highest BCUT2D eigenvalue weighted by Crippen LogP contribution is 2.28. The van der Waals surface area contributed by atoms with Gasteiger partial charge in [-0.2, -0.15) is 4.31 Å². The van der Waals surface area contributed by atoms with Crippen LogP contribution in [0.25, 0.3) is 0 Å². The van der Waals surface area contributed by atoms with Crippen molar-refractivity contribution in [3.05, 3.63) is 63.7 Å². The standard InChI is InChI=1S/C21H26INO3S/c22-19-11-13-20(14-12-19)27(25,26)23(15-17-7-3-1-4-8-17)16-18-9-5-2-6-10-21(18)24/h1,3-4,7-8,11-14,18,21,24H,2,5-6,9-10,15-16H2. The van der Waals surface area contributed by atoms with Crippen LogP contribution < -0.4 is 0 Å². The van der Waals surface area contributed by atoms with Crippen LogP contribution in [0.2, 0.25) is 0 Å². The maximum absolute atomic E-state index is 13.4. The second kappa shape index (κ2) is 9.49. The lowest BCUT2D eigenvalue weighted by molar-refractivity contribution is 0.0880. The molecule has 2 atom stereocenters. The fourth-order valence-corrected chi connectivity index (χ4v) is 5.47. The molecule has 1 N–H and O–H groups in total. The molecule has 1 fully saturated rings. The zero-order valence-electron chi connectivity index (χ0n) is 15.3. The summed E-state index contributed by atoms with van der Waals surface area (Å²) in [7, 11) is -3.63. The largest absolute Gasteiger partial charge is 0.393 e. The normalized spacial score (nSPS) is 21.1. The van der Waals surface area contributed by atoms with Crippen molar-refractivity contribution in [2.24, 2.45) is 5.92 Å². The molecule has 0 spiro atoms. The molecule has 3 rings (SSSR count).